The lowest BCUT2D eigenvalue weighted by Gasteiger charge is -2.05. The highest BCUT2D eigenvalue weighted by Gasteiger charge is 2.07. The topological polar surface area (TPSA) is 47.9 Å². The van der Waals surface area contributed by atoms with Gasteiger partial charge in [-0.15, -0.1) is 8.10 Å². The molecule has 0 spiro atoms. The molecule has 0 N–H and O–H groups in total. The van der Waals surface area contributed by atoms with Crippen LogP contribution in [0.25, 0.3) is 0 Å². The van der Waals surface area contributed by atoms with Gasteiger partial charge in [-0.05, 0) is 24.3 Å². The van der Waals surface area contributed by atoms with Gasteiger partial charge in [-0.3, -0.25) is 0 Å². The quantitative estimate of drug-likeness (QED) is 0.629. The molecule has 2 rings (SSSR count). The van der Waals surface area contributed by atoms with Crippen molar-refractivity contribution in [2.45, 2.75) is 9.79 Å². The number of hydrogen-bond donors (Lipinski definition) is 0. The zero-order valence-corrected chi connectivity index (χ0v) is 11.9. The smallest absolute Gasteiger partial charge is 0.181 e. The zero-order chi connectivity index (χ0) is 13.5. The molecular formula is C13H13NO3S2. The van der Waals surface area contributed by atoms with Crippen molar-refractivity contribution in [3.05, 3.63) is 60.7 Å². The predicted molar refractivity (Wildman–Crippen MR) is 75.4 cm³/mol. The highest BCUT2D eigenvalue weighted by atomic mass is 32.2. The van der Waals surface area contributed by atoms with E-state index in [2.05, 4.69) is 8.66 Å². The van der Waals surface area contributed by atoms with Crippen molar-refractivity contribution in [3.8, 4) is 0 Å². The first kappa shape index (κ1) is 14.1. The summed E-state index contributed by atoms with van der Waals surface area (Å²) in [6.07, 6.45) is 0. The number of nitrogens with zero attached hydrogens (tertiary/aromatic N) is 1. The van der Waals surface area contributed by atoms with Gasteiger partial charge in [-0.2, -0.15) is 0 Å². The van der Waals surface area contributed by atoms with Crippen molar-refractivity contribution in [3.63, 3.8) is 0 Å². The van der Waals surface area contributed by atoms with Crippen LogP contribution in [0.3, 0.4) is 0 Å². The minimum absolute atomic E-state index is 0.635. The normalized spacial score (nSPS) is 14.2. The standard InChI is InChI=1S/C13H13NO3S2/c1-16-17-19(13-10-6-3-7-11-13)14-18(15)12-8-4-2-5-9-12/h2-11H,1H3. The summed E-state index contributed by atoms with van der Waals surface area (Å²) in [7, 11) is -1.09. The highest BCUT2D eigenvalue weighted by molar-refractivity contribution is 7.94. The van der Waals surface area contributed by atoms with Crippen molar-refractivity contribution in [1.82, 2.24) is 0 Å². The summed E-state index contributed by atoms with van der Waals surface area (Å²) in [5.74, 6) is 0. The highest BCUT2D eigenvalue weighted by Crippen LogP contribution is 2.14. The van der Waals surface area contributed by atoms with E-state index < -0.39 is 22.0 Å². The maximum atomic E-state index is 12.1. The molecule has 0 bridgehead atoms. The van der Waals surface area contributed by atoms with Gasteiger partial charge in [0.1, 0.15) is 11.0 Å². The van der Waals surface area contributed by atoms with E-state index in [9.17, 15) is 4.21 Å². The molecule has 0 aliphatic carbocycles. The van der Waals surface area contributed by atoms with Gasteiger partial charge >= 0.3 is 0 Å². The molecule has 0 aromatic heterocycles. The maximum Gasteiger partial charge on any atom is 0.181 e. The molecule has 0 saturated carbocycles. The van der Waals surface area contributed by atoms with Crippen LogP contribution < -0.4 is 0 Å². The van der Waals surface area contributed by atoms with E-state index in [1.807, 2.05) is 48.5 Å². The van der Waals surface area contributed by atoms with E-state index in [-0.39, 0.29) is 0 Å². The second kappa shape index (κ2) is 7.30. The number of benzene rings is 2. The lowest BCUT2D eigenvalue weighted by atomic mass is 10.4. The van der Waals surface area contributed by atoms with Gasteiger partial charge in [-0.1, -0.05) is 36.4 Å². The Bertz CT molecular complexity index is 573. The Labute approximate surface area is 117 Å². The molecule has 6 heteroatoms. The van der Waals surface area contributed by atoms with Crippen LogP contribution in [0.15, 0.2) is 74.2 Å². The van der Waals surface area contributed by atoms with E-state index in [4.69, 9.17) is 4.33 Å². The van der Waals surface area contributed by atoms with Crippen LogP contribution >= 0.6 is 0 Å². The lowest BCUT2D eigenvalue weighted by Crippen LogP contribution is -1.99. The molecule has 0 radical (unpaired) electrons. The average molecular weight is 295 g/mol. The first-order chi connectivity index (χ1) is 9.31. The molecule has 0 fully saturated rings. The van der Waals surface area contributed by atoms with Crippen molar-refractivity contribution in [1.29, 1.82) is 0 Å². The van der Waals surface area contributed by atoms with Gasteiger partial charge in [0.15, 0.2) is 11.0 Å². The molecule has 4 nitrogen and oxygen atoms in total. The third-order valence-electron chi connectivity index (χ3n) is 2.16. The fourth-order valence-corrected chi connectivity index (χ4v) is 3.60. The SMILES string of the molecule is COOS(=NS(=O)c1ccccc1)c1ccccc1. The van der Waals surface area contributed by atoms with Gasteiger partial charge in [0, 0.05) is 4.90 Å². The second-order valence-electron chi connectivity index (χ2n) is 3.43. The van der Waals surface area contributed by atoms with Gasteiger partial charge < -0.3 is 0 Å². The lowest BCUT2D eigenvalue weighted by molar-refractivity contribution is -0.163. The molecule has 0 saturated heterocycles. The Hall–Kier alpha value is -1.34. The molecule has 0 heterocycles. The number of rotatable bonds is 5. The largest absolute Gasteiger partial charge is 0.229 e. The predicted octanol–water partition coefficient (Wildman–Crippen LogP) is 3.06. The van der Waals surface area contributed by atoms with Crippen LogP contribution in [-0.2, 0) is 31.2 Å². The second-order valence-corrected chi connectivity index (χ2v) is 6.11. The minimum atomic E-state index is -1.48. The van der Waals surface area contributed by atoms with Crippen LogP contribution in [0.1, 0.15) is 0 Å². The van der Waals surface area contributed by atoms with Crippen molar-refractivity contribution in [2.24, 2.45) is 3.77 Å². The summed E-state index contributed by atoms with van der Waals surface area (Å²) in [6.45, 7) is 0. The Balaban J connectivity index is 2.29. The molecule has 2 atom stereocenters. The van der Waals surface area contributed by atoms with E-state index in [0.717, 1.165) is 4.90 Å². The van der Waals surface area contributed by atoms with Crippen molar-refractivity contribution in [2.75, 3.05) is 7.11 Å². The monoisotopic (exact) mass is 295 g/mol. The van der Waals surface area contributed by atoms with Crippen molar-refractivity contribution >= 4 is 22.0 Å². The molecule has 2 unspecified atom stereocenters. The molecule has 0 aliphatic heterocycles. The molecular weight excluding hydrogens is 282 g/mol. The summed E-state index contributed by atoms with van der Waals surface area (Å²) in [4.78, 5) is 6.13. The maximum absolute atomic E-state index is 12.1. The van der Waals surface area contributed by atoms with Gasteiger partial charge in [-0.25, -0.2) is 9.10 Å². The summed E-state index contributed by atoms with van der Waals surface area (Å²) in [6, 6.07) is 18.4. The third-order valence-corrected chi connectivity index (χ3v) is 4.86. The van der Waals surface area contributed by atoms with Crippen LogP contribution in [0.5, 0.6) is 0 Å². The van der Waals surface area contributed by atoms with Gasteiger partial charge in [0.25, 0.3) is 0 Å². The molecule has 100 valence electrons. The molecule has 0 aliphatic rings. The third kappa shape index (κ3) is 4.07. The summed E-state index contributed by atoms with van der Waals surface area (Å²) in [5, 5.41) is 0. The average Bonchev–Trinajstić information content (AvgIpc) is 2.48. The van der Waals surface area contributed by atoms with Crippen LogP contribution in [0, 0.1) is 0 Å². The fourth-order valence-electron chi connectivity index (χ4n) is 1.34. The number of hydrogen-bond acceptors (Lipinski definition) is 3. The molecule has 2 aromatic carbocycles. The Morgan fingerprint density at radius 1 is 0.895 bits per heavy atom. The van der Waals surface area contributed by atoms with Crippen LogP contribution in [-0.4, -0.2) is 11.3 Å². The first-order valence-electron chi connectivity index (χ1n) is 5.50. The van der Waals surface area contributed by atoms with Crippen LogP contribution in [0.4, 0.5) is 0 Å². The van der Waals surface area contributed by atoms with E-state index in [1.165, 1.54) is 7.11 Å². The molecule has 0 amide bonds. The fraction of sp³-hybridized carbons (Fsp3) is 0.0769. The van der Waals surface area contributed by atoms with E-state index >= 15 is 0 Å². The summed E-state index contributed by atoms with van der Waals surface area (Å²) >= 11 is 0. The molecule has 2 aromatic rings. The summed E-state index contributed by atoms with van der Waals surface area (Å²) < 4.78 is 21.4. The van der Waals surface area contributed by atoms with E-state index in [1.54, 1.807) is 12.1 Å². The zero-order valence-electron chi connectivity index (χ0n) is 10.3. The van der Waals surface area contributed by atoms with E-state index in [0.29, 0.717) is 4.90 Å². The van der Waals surface area contributed by atoms with Crippen LogP contribution in [0.2, 0.25) is 0 Å². The Kier molecular flexibility index (Phi) is 5.41. The van der Waals surface area contributed by atoms with Gasteiger partial charge in [0.05, 0.1) is 12.0 Å². The first-order valence-corrected chi connectivity index (χ1v) is 7.72. The Morgan fingerprint density at radius 3 is 1.95 bits per heavy atom. The minimum Gasteiger partial charge on any atom is -0.229 e. The Morgan fingerprint density at radius 2 is 1.42 bits per heavy atom. The summed E-state index contributed by atoms with van der Waals surface area (Å²) in [5.41, 5.74) is 0. The molecule has 19 heavy (non-hydrogen) atoms. The van der Waals surface area contributed by atoms with Crippen molar-refractivity contribution < 1.29 is 13.4 Å². The van der Waals surface area contributed by atoms with Gasteiger partial charge in [0.2, 0.25) is 0 Å².